The number of aliphatic hydroxyl groups is 1. The second-order valence-electron chi connectivity index (χ2n) is 5.51. The number of aliphatic hydroxyl groups excluding tert-OH is 1. The van der Waals surface area contributed by atoms with Crippen molar-refractivity contribution in [1.82, 2.24) is 5.32 Å². The Morgan fingerprint density at radius 3 is 1.96 bits per heavy atom. The third-order valence-corrected chi connectivity index (χ3v) is 3.28. The Morgan fingerprint density at radius 1 is 1.00 bits per heavy atom. The molecule has 0 spiro atoms. The summed E-state index contributed by atoms with van der Waals surface area (Å²) in [6.45, 7) is 2.25. The second kappa shape index (κ2) is 8.99. The van der Waals surface area contributed by atoms with Gasteiger partial charge in [-0.1, -0.05) is 0 Å². The molecule has 27 heavy (non-hydrogen) atoms. The summed E-state index contributed by atoms with van der Waals surface area (Å²) in [6.07, 6.45) is -12.2. The summed E-state index contributed by atoms with van der Waals surface area (Å²) in [5.74, 6) is -5.19. The quantitative estimate of drug-likeness (QED) is 0.447. The van der Waals surface area contributed by atoms with Crippen molar-refractivity contribution in [3.8, 4) is 0 Å². The van der Waals surface area contributed by atoms with Crippen LogP contribution in [0.2, 0.25) is 0 Å². The van der Waals surface area contributed by atoms with Crippen LogP contribution in [0.15, 0.2) is 0 Å². The summed E-state index contributed by atoms with van der Waals surface area (Å²) in [5, 5.41) is 11.5. The van der Waals surface area contributed by atoms with E-state index in [4.69, 9.17) is 14.2 Å². The summed E-state index contributed by atoms with van der Waals surface area (Å²) < 4.78 is 57.2. The van der Waals surface area contributed by atoms with Crippen molar-refractivity contribution in [2.45, 2.75) is 57.6 Å². The van der Waals surface area contributed by atoms with Gasteiger partial charge in [-0.3, -0.25) is 19.2 Å². The molecule has 0 aliphatic carbocycles. The summed E-state index contributed by atoms with van der Waals surface area (Å²) in [6, 6.07) is -1.84. The number of nitrogens with one attached hydrogen (secondary N) is 1. The number of alkyl halides is 3. The van der Waals surface area contributed by atoms with Crippen LogP contribution in [0.1, 0.15) is 20.8 Å². The Labute approximate surface area is 150 Å². The fraction of sp³-hybridized carbons (Fsp3) is 0.714. The van der Waals surface area contributed by atoms with Crippen molar-refractivity contribution in [3.05, 3.63) is 0 Å². The standard InChI is InChI=1S/C14H18F3NO9/c1-5(19)24-4-8-10(25-6(2)20)9(18-13(23)14(15,16)17)11(12(22)27-8)26-7(3)21/h8-12,22H,4H2,1-3H3,(H,18,23)/t8-,9+,10-,11-,12-/m1/s1. The molecule has 0 saturated carbocycles. The minimum absolute atomic E-state index is 0.616. The van der Waals surface area contributed by atoms with Gasteiger partial charge in [0, 0.05) is 20.8 Å². The van der Waals surface area contributed by atoms with Gasteiger partial charge in [-0.05, 0) is 0 Å². The third-order valence-electron chi connectivity index (χ3n) is 3.28. The largest absolute Gasteiger partial charge is 0.471 e. The van der Waals surface area contributed by atoms with Gasteiger partial charge >= 0.3 is 30.0 Å². The van der Waals surface area contributed by atoms with Crippen molar-refractivity contribution in [2.24, 2.45) is 0 Å². The van der Waals surface area contributed by atoms with Crippen molar-refractivity contribution in [1.29, 1.82) is 0 Å². The number of hydrogen-bond donors (Lipinski definition) is 2. The summed E-state index contributed by atoms with van der Waals surface area (Å²) in [5.41, 5.74) is 0. The normalized spacial score (nSPS) is 28.0. The molecule has 10 nitrogen and oxygen atoms in total. The Kier molecular flexibility index (Phi) is 7.54. The van der Waals surface area contributed by atoms with E-state index in [1.54, 1.807) is 0 Å². The zero-order valence-corrected chi connectivity index (χ0v) is 14.4. The maximum absolute atomic E-state index is 12.6. The molecule has 0 bridgehead atoms. The van der Waals surface area contributed by atoms with Crippen molar-refractivity contribution >= 4 is 23.8 Å². The van der Waals surface area contributed by atoms with E-state index >= 15 is 0 Å². The molecule has 1 heterocycles. The van der Waals surface area contributed by atoms with Crippen LogP contribution >= 0.6 is 0 Å². The van der Waals surface area contributed by atoms with Crippen LogP contribution in [-0.4, -0.2) is 72.3 Å². The smallest absolute Gasteiger partial charge is 0.463 e. The van der Waals surface area contributed by atoms with E-state index < -0.39 is 67.2 Å². The van der Waals surface area contributed by atoms with E-state index in [0.717, 1.165) is 20.8 Å². The third kappa shape index (κ3) is 6.67. The molecule has 0 aromatic heterocycles. The maximum Gasteiger partial charge on any atom is 0.471 e. The highest BCUT2D eigenvalue weighted by Crippen LogP contribution is 2.27. The number of carbonyl (C=O) groups is 4. The Morgan fingerprint density at radius 2 is 1.52 bits per heavy atom. The molecule has 2 N–H and O–H groups in total. The van der Waals surface area contributed by atoms with Crippen molar-refractivity contribution in [3.63, 3.8) is 0 Å². The highest BCUT2D eigenvalue weighted by Gasteiger charge is 2.52. The van der Waals surface area contributed by atoms with Gasteiger partial charge in [0.15, 0.2) is 18.5 Å². The minimum atomic E-state index is -5.31. The Bertz CT molecular complexity index is 595. The van der Waals surface area contributed by atoms with Gasteiger partial charge in [0.05, 0.1) is 0 Å². The van der Waals surface area contributed by atoms with E-state index in [9.17, 15) is 37.5 Å². The van der Waals surface area contributed by atoms with Crippen LogP contribution in [0.5, 0.6) is 0 Å². The SMILES string of the molecule is CC(=O)OC[C@H]1O[C@@H](O)[C@H](OC(C)=O)[C@@H](NC(=O)C(F)(F)F)[C@@H]1OC(C)=O. The highest BCUT2D eigenvalue weighted by atomic mass is 19.4. The fourth-order valence-electron chi connectivity index (χ4n) is 2.32. The molecule has 154 valence electrons. The predicted molar refractivity (Wildman–Crippen MR) is 76.6 cm³/mol. The van der Waals surface area contributed by atoms with Gasteiger partial charge in [-0.15, -0.1) is 0 Å². The van der Waals surface area contributed by atoms with Gasteiger partial charge in [0.25, 0.3) is 0 Å². The molecule has 1 aliphatic rings. The second-order valence-corrected chi connectivity index (χ2v) is 5.51. The van der Waals surface area contributed by atoms with E-state index in [1.807, 2.05) is 0 Å². The molecular weight excluding hydrogens is 383 g/mol. The van der Waals surface area contributed by atoms with Crippen molar-refractivity contribution < 1.29 is 56.4 Å². The molecule has 1 rings (SSSR count). The average molecular weight is 401 g/mol. The minimum Gasteiger partial charge on any atom is -0.463 e. The fourth-order valence-corrected chi connectivity index (χ4v) is 2.32. The molecule has 1 amide bonds. The molecule has 13 heteroatoms. The van der Waals surface area contributed by atoms with Crippen molar-refractivity contribution in [2.75, 3.05) is 6.61 Å². The van der Waals surface area contributed by atoms with Crippen LogP contribution in [-0.2, 0) is 38.1 Å². The van der Waals surface area contributed by atoms with Crippen LogP contribution in [0.3, 0.4) is 0 Å². The van der Waals surface area contributed by atoms with Crippen LogP contribution < -0.4 is 5.32 Å². The zero-order valence-electron chi connectivity index (χ0n) is 14.4. The summed E-state index contributed by atoms with van der Waals surface area (Å²) >= 11 is 0. The maximum atomic E-state index is 12.6. The first-order valence-corrected chi connectivity index (χ1v) is 7.52. The Hall–Kier alpha value is -2.41. The van der Waals surface area contributed by atoms with E-state index in [2.05, 4.69) is 4.74 Å². The average Bonchev–Trinajstić information content (AvgIpc) is 2.49. The number of halogens is 3. The lowest BCUT2D eigenvalue weighted by Crippen LogP contribution is -2.67. The van der Waals surface area contributed by atoms with Crippen LogP contribution in [0.4, 0.5) is 13.2 Å². The first-order valence-electron chi connectivity index (χ1n) is 7.52. The van der Waals surface area contributed by atoms with Gasteiger partial charge < -0.3 is 29.4 Å². The lowest BCUT2D eigenvalue weighted by molar-refractivity contribution is -0.272. The number of amides is 1. The highest BCUT2D eigenvalue weighted by molar-refractivity contribution is 5.82. The van der Waals surface area contributed by atoms with Crippen LogP contribution in [0, 0.1) is 0 Å². The zero-order chi connectivity index (χ0) is 20.9. The van der Waals surface area contributed by atoms with Gasteiger partial charge in [-0.2, -0.15) is 13.2 Å². The lowest BCUT2D eigenvalue weighted by atomic mass is 9.95. The van der Waals surface area contributed by atoms with Gasteiger partial charge in [-0.25, -0.2) is 0 Å². The van der Waals surface area contributed by atoms with E-state index in [-0.39, 0.29) is 0 Å². The number of hydrogen-bond acceptors (Lipinski definition) is 9. The molecule has 5 atom stereocenters. The van der Waals surface area contributed by atoms with E-state index in [1.165, 1.54) is 5.32 Å². The van der Waals surface area contributed by atoms with Gasteiger partial charge in [0.1, 0.15) is 18.8 Å². The molecule has 0 unspecified atom stereocenters. The molecule has 1 saturated heterocycles. The Balaban J connectivity index is 3.23. The van der Waals surface area contributed by atoms with E-state index in [0.29, 0.717) is 0 Å². The monoisotopic (exact) mass is 401 g/mol. The summed E-state index contributed by atoms with van der Waals surface area (Å²) in [4.78, 5) is 44.9. The number of ether oxygens (including phenoxy) is 4. The number of carbonyl (C=O) groups excluding carboxylic acids is 4. The molecule has 0 aromatic carbocycles. The lowest BCUT2D eigenvalue weighted by Gasteiger charge is -2.43. The van der Waals surface area contributed by atoms with Crippen LogP contribution in [0.25, 0.3) is 0 Å². The number of rotatable bonds is 5. The predicted octanol–water partition coefficient (Wildman–Crippen LogP) is -0.823. The topological polar surface area (TPSA) is 137 Å². The molecule has 1 fully saturated rings. The summed E-state index contributed by atoms with van der Waals surface area (Å²) in [7, 11) is 0. The molecule has 1 aliphatic heterocycles. The molecule has 0 radical (unpaired) electrons. The van der Waals surface area contributed by atoms with Gasteiger partial charge in [0.2, 0.25) is 0 Å². The first kappa shape index (κ1) is 22.6. The molecular formula is C14H18F3NO9. The number of esters is 3. The first-order chi connectivity index (χ1) is 12.3. The molecule has 0 aromatic rings.